The molecule has 1 fully saturated rings. The van der Waals surface area contributed by atoms with Crippen LogP contribution in [0.2, 0.25) is 0 Å². The number of likely N-dealkylation sites (N-methyl/N-ethyl adjacent to an activating group) is 1. The Morgan fingerprint density at radius 3 is 2.91 bits per heavy atom. The van der Waals surface area contributed by atoms with Gasteiger partial charge in [-0.25, -0.2) is 4.79 Å². The second kappa shape index (κ2) is 7.72. The Morgan fingerprint density at radius 2 is 2.18 bits per heavy atom. The number of carbonyl (C=O) groups is 2. The maximum Gasteiger partial charge on any atom is 0.352 e. The van der Waals surface area contributed by atoms with E-state index in [-0.39, 0.29) is 19.0 Å². The summed E-state index contributed by atoms with van der Waals surface area (Å²) in [6, 6.07) is 3.84. The van der Waals surface area contributed by atoms with Crippen LogP contribution in [0, 0.1) is 0 Å². The van der Waals surface area contributed by atoms with Gasteiger partial charge in [-0.2, -0.15) is 0 Å². The Morgan fingerprint density at radius 1 is 1.39 bits per heavy atom. The molecule has 0 saturated carbocycles. The summed E-state index contributed by atoms with van der Waals surface area (Å²) in [5, 5.41) is 12.2. The summed E-state index contributed by atoms with van der Waals surface area (Å²) in [5.41, 5.74) is 5.61. The molecule has 2 aliphatic heterocycles. The number of ether oxygens (including phenoxy) is 4. The predicted octanol–water partition coefficient (Wildman–Crippen LogP) is 0.797. The van der Waals surface area contributed by atoms with Crippen LogP contribution in [0.5, 0.6) is 11.5 Å². The molecule has 2 aliphatic carbocycles. The van der Waals surface area contributed by atoms with Gasteiger partial charge in [0.25, 0.3) is 0 Å². The molecular weight excluding hydrogens is 428 g/mol. The summed E-state index contributed by atoms with van der Waals surface area (Å²) in [6.45, 7) is 2.38. The standard InChI is InChI=1S/C24H30N2O7/c1-13(31-18(27)7-10-25)22(28)32-16-6-8-24(29)17-12-14-4-5-15(30-3)20-19(14)23(24,21(16)33-20)9-11-26(17)2/h4-6,13,17,21,29H,7-12,25H2,1-3H3/t13-,17+,21-,23-,24+/m0/s1. The fraction of sp³-hybridized carbons (Fsp3) is 0.583. The zero-order chi connectivity index (χ0) is 23.5. The number of likely N-dealkylation sites (tertiary alicyclic amines) is 1. The van der Waals surface area contributed by atoms with Crippen molar-refractivity contribution in [3.63, 3.8) is 0 Å². The fourth-order valence-corrected chi connectivity index (χ4v) is 6.21. The number of aliphatic hydroxyl groups is 1. The van der Waals surface area contributed by atoms with E-state index >= 15 is 0 Å². The highest BCUT2D eigenvalue weighted by Gasteiger charge is 2.72. The second-order valence-electron chi connectivity index (χ2n) is 9.38. The molecule has 1 aromatic carbocycles. The van der Waals surface area contributed by atoms with Crippen molar-refractivity contribution in [3.05, 3.63) is 35.1 Å². The highest BCUT2D eigenvalue weighted by molar-refractivity contribution is 5.80. The first-order valence-electron chi connectivity index (χ1n) is 11.4. The summed E-state index contributed by atoms with van der Waals surface area (Å²) in [5.74, 6) is 0.276. The number of methoxy groups -OCH3 is 1. The number of piperidine rings is 1. The third-order valence-corrected chi connectivity index (χ3v) is 7.77. The van der Waals surface area contributed by atoms with Crippen molar-refractivity contribution in [3.8, 4) is 11.5 Å². The van der Waals surface area contributed by atoms with Crippen LogP contribution in [-0.4, -0.2) is 73.0 Å². The van der Waals surface area contributed by atoms with Gasteiger partial charge >= 0.3 is 11.9 Å². The van der Waals surface area contributed by atoms with Crippen molar-refractivity contribution < 1.29 is 33.6 Å². The van der Waals surface area contributed by atoms with Crippen LogP contribution in [0.3, 0.4) is 0 Å². The minimum Gasteiger partial charge on any atom is -0.493 e. The van der Waals surface area contributed by atoms with E-state index in [9.17, 15) is 14.7 Å². The topological polar surface area (TPSA) is 121 Å². The predicted molar refractivity (Wildman–Crippen MR) is 117 cm³/mol. The molecule has 3 N–H and O–H groups in total. The maximum atomic E-state index is 12.8. The number of nitrogens with two attached hydrogens (primary N) is 1. The average molecular weight is 459 g/mol. The van der Waals surface area contributed by atoms with Crippen LogP contribution in [-0.2, 0) is 30.9 Å². The van der Waals surface area contributed by atoms with Crippen LogP contribution in [0.15, 0.2) is 24.0 Å². The molecule has 5 rings (SSSR count). The van der Waals surface area contributed by atoms with Crippen molar-refractivity contribution in [2.45, 2.75) is 61.9 Å². The zero-order valence-corrected chi connectivity index (χ0v) is 19.1. The quantitative estimate of drug-likeness (QED) is 0.596. The van der Waals surface area contributed by atoms with E-state index in [1.807, 2.05) is 19.2 Å². The molecule has 5 atom stereocenters. The number of nitrogens with zero attached hydrogens (tertiary/aromatic N) is 1. The molecule has 33 heavy (non-hydrogen) atoms. The molecule has 9 nitrogen and oxygen atoms in total. The van der Waals surface area contributed by atoms with Gasteiger partial charge in [-0.15, -0.1) is 0 Å². The lowest BCUT2D eigenvalue weighted by Crippen LogP contribution is -2.74. The van der Waals surface area contributed by atoms with Gasteiger partial charge < -0.3 is 34.7 Å². The largest absolute Gasteiger partial charge is 0.493 e. The highest BCUT2D eigenvalue weighted by atomic mass is 16.6. The number of carbonyl (C=O) groups excluding carboxylic acids is 2. The molecule has 0 amide bonds. The van der Waals surface area contributed by atoms with Crippen LogP contribution < -0.4 is 15.2 Å². The van der Waals surface area contributed by atoms with Gasteiger partial charge in [-0.3, -0.25) is 4.79 Å². The summed E-state index contributed by atoms with van der Waals surface area (Å²) in [7, 11) is 3.62. The minimum atomic E-state index is -1.09. The molecule has 0 radical (unpaired) electrons. The van der Waals surface area contributed by atoms with E-state index < -0.39 is 35.2 Å². The van der Waals surface area contributed by atoms with Crippen LogP contribution in [0.25, 0.3) is 0 Å². The summed E-state index contributed by atoms with van der Waals surface area (Å²) in [6.07, 6.45) is 1.66. The van der Waals surface area contributed by atoms with Crippen LogP contribution >= 0.6 is 0 Å². The molecule has 1 spiro atoms. The van der Waals surface area contributed by atoms with Gasteiger partial charge in [-0.05, 0) is 51.1 Å². The lowest BCUT2D eigenvalue weighted by Gasteiger charge is -2.61. The number of benzene rings is 1. The number of hydrogen-bond acceptors (Lipinski definition) is 9. The third kappa shape index (κ3) is 2.95. The maximum absolute atomic E-state index is 12.8. The fourth-order valence-electron chi connectivity index (χ4n) is 6.21. The molecule has 2 heterocycles. The monoisotopic (exact) mass is 458 g/mol. The van der Waals surface area contributed by atoms with Gasteiger partial charge in [0.1, 0.15) is 5.76 Å². The van der Waals surface area contributed by atoms with Crippen molar-refractivity contribution in [1.82, 2.24) is 4.90 Å². The average Bonchev–Trinajstić information content (AvgIpc) is 3.13. The van der Waals surface area contributed by atoms with Crippen molar-refractivity contribution in [2.75, 3.05) is 27.2 Å². The molecule has 0 unspecified atom stereocenters. The Labute approximate surface area is 192 Å². The van der Waals surface area contributed by atoms with Gasteiger partial charge in [0.15, 0.2) is 23.7 Å². The lowest BCUT2D eigenvalue weighted by molar-refractivity contribution is -0.175. The Bertz CT molecular complexity index is 1040. The Hall–Kier alpha value is -2.62. The second-order valence-corrected chi connectivity index (χ2v) is 9.38. The van der Waals surface area contributed by atoms with E-state index in [0.717, 1.165) is 17.7 Å². The van der Waals surface area contributed by atoms with Crippen molar-refractivity contribution in [1.29, 1.82) is 0 Å². The van der Waals surface area contributed by atoms with E-state index in [1.54, 1.807) is 13.2 Å². The van der Waals surface area contributed by atoms with Crippen LogP contribution in [0.1, 0.15) is 37.3 Å². The van der Waals surface area contributed by atoms with Crippen LogP contribution in [0.4, 0.5) is 0 Å². The van der Waals surface area contributed by atoms with Gasteiger partial charge in [0.05, 0.1) is 24.5 Å². The molecule has 4 aliphatic rings. The van der Waals surface area contributed by atoms with E-state index in [4.69, 9.17) is 24.7 Å². The molecule has 1 saturated heterocycles. The Kier molecular flexibility index (Phi) is 5.19. The first-order chi connectivity index (χ1) is 15.8. The lowest BCUT2D eigenvalue weighted by atomic mass is 9.50. The van der Waals surface area contributed by atoms with E-state index in [1.165, 1.54) is 6.92 Å². The van der Waals surface area contributed by atoms with Gasteiger partial charge in [0.2, 0.25) is 0 Å². The Balaban J connectivity index is 1.53. The van der Waals surface area contributed by atoms with Crippen molar-refractivity contribution >= 4 is 11.9 Å². The molecule has 0 aromatic heterocycles. The van der Waals surface area contributed by atoms with E-state index in [2.05, 4.69) is 4.90 Å². The normalized spacial score (nSPS) is 32.2. The highest BCUT2D eigenvalue weighted by Crippen LogP contribution is 2.65. The molecule has 1 aromatic rings. The SMILES string of the molecule is COc1ccc2c3c1O[C@H]1C(OC(=O)[C@H](C)OC(=O)CCN)=CC[C@@]4(O)[C@@H](C2)N(C)CC[C@]314. The zero-order valence-electron chi connectivity index (χ0n) is 19.1. The smallest absolute Gasteiger partial charge is 0.352 e. The molecular formula is C24H30N2O7. The van der Waals surface area contributed by atoms with Gasteiger partial charge in [-0.1, -0.05) is 6.07 Å². The molecule has 178 valence electrons. The number of hydrogen-bond donors (Lipinski definition) is 2. The van der Waals surface area contributed by atoms with E-state index in [0.29, 0.717) is 36.5 Å². The summed E-state index contributed by atoms with van der Waals surface area (Å²) >= 11 is 0. The third-order valence-electron chi connectivity index (χ3n) is 7.77. The molecule has 2 bridgehead atoms. The number of rotatable bonds is 6. The first kappa shape index (κ1) is 22.2. The number of esters is 2. The van der Waals surface area contributed by atoms with Gasteiger partial charge in [0, 0.05) is 24.6 Å². The van der Waals surface area contributed by atoms with Crippen molar-refractivity contribution in [2.24, 2.45) is 5.73 Å². The summed E-state index contributed by atoms with van der Waals surface area (Å²) in [4.78, 5) is 26.7. The minimum absolute atomic E-state index is 0.0228. The molecule has 9 heteroatoms. The first-order valence-corrected chi connectivity index (χ1v) is 11.4. The summed E-state index contributed by atoms with van der Waals surface area (Å²) < 4.78 is 22.9.